The van der Waals surface area contributed by atoms with Gasteiger partial charge in [0.1, 0.15) is 0 Å². The lowest BCUT2D eigenvalue weighted by Crippen LogP contribution is -2.27. The molecule has 2 aromatic carbocycles. The molecule has 0 aromatic heterocycles. The summed E-state index contributed by atoms with van der Waals surface area (Å²) in [6.07, 6.45) is -9.36. The van der Waals surface area contributed by atoms with Gasteiger partial charge in [-0.25, -0.2) is 4.79 Å². The second-order valence-electron chi connectivity index (χ2n) is 4.98. The lowest BCUT2D eigenvalue weighted by Gasteiger charge is -2.10. The van der Waals surface area contributed by atoms with Crippen LogP contribution >= 0.6 is 0 Å². The van der Waals surface area contributed by atoms with Gasteiger partial charge < -0.3 is 4.84 Å². The van der Waals surface area contributed by atoms with E-state index in [0.717, 1.165) is 36.4 Å². The van der Waals surface area contributed by atoms with Gasteiger partial charge in [-0.1, -0.05) is 12.1 Å². The average Bonchev–Trinajstić information content (AvgIpc) is 2.58. The van der Waals surface area contributed by atoms with Crippen LogP contribution in [0.3, 0.4) is 0 Å². The van der Waals surface area contributed by atoms with Gasteiger partial charge >= 0.3 is 18.3 Å². The summed E-state index contributed by atoms with van der Waals surface area (Å²) in [6.45, 7) is 0. The molecule has 0 atom stereocenters. The average molecular weight is 377 g/mol. The van der Waals surface area contributed by atoms with Crippen LogP contribution in [0.15, 0.2) is 48.5 Å². The molecule has 2 rings (SSSR count). The van der Waals surface area contributed by atoms with Gasteiger partial charge in [-0.3, -0.25) is 4.79 Å². The van der Waals surface area contributed by atoms with Crippen molar-refractivity contribution >= 4 is 11.9 Å². The second-order valence-corrected chi connectivity index (χ2v) is 4.98. The molecular weight excluding hydrogens is 368 g/mol. The summed E-state index contributed by atoms with van der Waals surface area (Å²) >= 11 is 0. The molecule has 10 heteroatoms. The van der Waals surface area contributed by atoms with Gasteiger partial charge in [-0.15, -0.1) is 0 Å². The van der Waals surface area contributed by atoms with Gasteiger partial charge in [0.2, 0.25) is 0 Å². The zero-order chi connectivity index (χ0) is 19.5. The third-order valence-corrected chi connectivity index (χ3v) is 3.11. The second kappa shape index (κ2) is 7.06. The molecule has 0 bridgehead atoms. The van der Waals surface area contributed by atoms with Crippen molar-refractivity contribution in [1.82, 2.24) is 5.48 Å². The molecule has 0 spiro atoms. The van der Waals surface area contributed by atoms with Crippen LogP contribution in [0.25, 0.3) is 0 Å². The van der Waals surface area contributed by atoms with Crippen molar-refractivity contribution in [2.75, 3.05) is 0 Å². The number of nitrogens with one attached hydrogen (secondary N) is 1. The zero-order valence-corrected chi connectivity index (χ0v) is 12.6. The normalized spacial score (nSPS) is 11.8. The first-order valence-corrected chi connectivity index (χ1v) is 6.84. The van der Waals surface area contributed by atoms with Crippen LogP contribution in [0.2, 0.25) is 0 Å². The fourth-order valence-electron chi connectivity index (χ4n) is 1.87. The molecule has 0 aliphatic carbocycles. The molecule has 0 aliphatic rings. The van der Waals surface area contributed by atoms with E-state index < -0.39 is 46.5 Å². The van der Waals surface area contributed by atoms with Crippen molar-refractivity contribution in [3.63, 3.8) is 0 Å². The van der Waals surface area contributed by atoms with Crippen LogP contribution in [0.5, 0.6) is 0 Å². The van der Waals surface area contributed by atoms with Crippen molar-refractivity contribution in [3.8, 4) is 0 Å². The molecule has 1 N–H and O–H groups in total. The molecular formula is C16H9F6NO3. The van der Waals surface area contributed by atoms with Crippen LogP contribution in [0.1, 0.15) is 31.8 Å². The number of carbonyl (C=O) groups is 2. The topological polar surface area (TPSA) is 55.4 Å². The molecule has 0 radical (unpaired) electrons. The Hall–Kier alpha value is -3.04. The number of halogens is 6. The third-order valence-electron chi connectivity index (χ3n) is 3.11. The van der Waals surface area contributed by atoms with E-state index in [9.17, 15) is 35.9 Å². The van der Waals surface area contributed by atoms with E-state index in [2.05, 4.69) is 4.84 Å². The Balaban J connectivity index is 2.07. The van der Waals surface area contributed by atoms with E-state index in [-0.39, 0.29) is 0 Å². The fraction of sp³-hybridized carbons (Fsp3) is 0.125. The van der Waals surface area contributed by atoms with Gasteiger partial charge in [-0.2, -0.15) is 31.8 Å². The molecule has 138 valence electrons. The quantitative estimate of drug-likeness (QED) is 0.630. The molecule has 2 aromatic rings. The number of hydrogen-bond donors (Lipinski definition) is 1. The minimum absolute atomic E-state index is 0.448. The minimum Gasteiger partial charge on any atom is -0.335 e. The maximum Gasteiger partial charge on any atom is 0.416 e. The molecule has 4 nitrogen and oxygen atoms in total. The number of hydroxylamine groups is 1. The van der Waals surface area contributed by atoms with Crippen molar-refractivity contribution in [2.24, 2.45) is 0 Å². The van der Waals surface area contributed by atoms with Crippen molar-refractivity contribution in [1.29, 1.82) is 0 Å². The largest absolute Gasteiger partial charge is 0.416 e. The summed E-state index contributed by atoms with van der Waals surface area (Å²) in [5, 5.41) is 0. The van der Waals surface area contributed by atoms with E-state index >= 15 is 0 Å². The fourth-order valence-corrected chi connectivity index (χ4v) is 1.87. The monoisotopic (exact) mass is 377 g/mol. The Kier molecular flexibility index (Phi) is 5.24. The van der Waals surface area contributed by atoms with E-state index in [1.807, 2.05) is 0 Å². The Bertz CT molecular complexity index is 760. The summed E-state index contributed by atoms with van der Waals surface area (Å²) in [5.41, 5.74) is -1.54. The maximum atomic E-state index is 12.6. The molecule has 0 saturated heterocycles. The molecule has 1 amide bonds. The Labute approximate surface area is 142 Å². The number of benzene rings is 2. The van der Waals surface area contributed by atoms with Crippen LogP contribution in [-0.4, -0.2) is 11.9 Å². The predicted octanol–water partition coefficient (Wildman–Crippen LogP) is 4.23. The Morgan fingerprint density at radius 1 is 0.769 bits per heavy atom. The molecule has 26 heavy (non-hydrogen) atoms. The first-order valence-electron chi connectivity index (χ1n) is 6.84. The highest BCUT2D eigenvalue weighted by molar-refractivity contribution is 5.96. The molecule has 0 unspecified atom stereocenters. The van der Waals surface area contributed by atoms with E-state index in [0.29, 0.717) is 12.1 Å². The van der Waals surface area contributed by atoms with Crippen molar-refractivity contribution in [3.05, 3.63) is 70.8 Å². The summed E-state index contributed by atoms with van der Waals surface area (Å²) < 4.78 is 75.5. The lowest BCUT2D eigenvalue weighted by atomic mass is 10.1. The maximum absolute atomic E-state index is 12.6. The number of carbonyl (C=O) groups excluding carboxylic acids is 2. The van der Waals surface area contributed by atoms with Crippen LogP contribution < -0.4 is 5.48 Å². The smallest absolute Gasteiger partial charge is 0.335 e. The minimum atomic E-state index is -4.68. The number of hydrogen-bond acceptors (Lipinski definition) is 3. The van der Waals surface area contributed by atoms with E-state index in [1.165, 1.54) is 0 Å². The third kappa shape index (κ3) is 4.74. The summed E-state index contributed by atoms with van der Waals surface area (Å²) in [6, 6.07) is 6.53. The van der Waals surface area contributed by atoms with Crippen LogP contribution in [0.4, 0.5) is 26.3 Å². The summed E-state index contributed by atoms with van der Waals surface area (Å²) in [4.78, 5) is 27.8. The van der Waals surface area contributed by atoms with Crippen molar-refractivity contribution in [2.45, 2.75) is 12.4 Å². The highest BCUT2D eigenvalue weighted by Crippen LogP contribution is 2.30. The van der Waals surface area contributed by atoms with Crippen molar-refractivity contribution < 1.29 is 40.8 Å². The number of alkyl halides is 6. The molecule has 0 fully saturated rings. The SMILES string of the molecule is O=C(NOC(=O)c1cccc(C(F)(F)F)c1)c1cccc(C(F)(F)F)c1. The first kappa shape index (κ1) is 19.3. The van der Waals surface area contributed by atoms with Gasteiger partial charge in [0, 0.05) is 5.56 Å². The number of amides is 1. The molecule has 0 saturated carbocycles. The van der Waals surface area contributed by atoms with E-state index in [4.69, 9.17) is 0 Å². The van der Waals surface area contributed by atoms with Gasteiger partial charge in [-0.05, 0) is 36.4 Å². The standard InChI is InChI=1S/C16H9F6NO3/c17-15(18,19)11-5-1-3-9(7-11)13(24)23-26-14(25)10-4-2-6-12(8-10)16(20,21)22/h1-8H,(H,23,24). The highest BCUT2D eigenvalue weighted by atomic mass is 19.4. The highest BCUT2D eigenvalue weighted by Gasteiger charge is 2.32. The molecule has 0 heterocycles. The zero-order valence-electron chi connectivity index (χ0n) is 12.6. The van der Waals surface area contributed by atoms with Crippen LogP contribution in [-0.2, 0) is 17.2 Å². The van der Waals surface area contributed by atoms with Gasteiger partial charge in [0.25, 0.3) is 5.91 Å². The first-order chi connectivity index (χ1) is 12.0. The van der Waals surface area contributed by atoms with E-state index in [1.54, 1.807) is 5.48 Å². The number of rotatable bonds is 2. The Morgan fingerprint density at radius 2 is 1.23 bits per heavy atom. The van der Waals surface area contributed by atoms with Gasteiger partial charge in [0.05, 0.1) is 16.7 Å². The predicted molar refractivity (Wildman–Crippen MR) is 75.8 cm³/mol. The summed E-state index contributed by atoms with van der Waals surface area (Å²) in [7, 11) is 0. The van der Waals surface area contributed by atoms with Crippen LogP contribution in [0, 0.1) is 0 Å². The Morgan fingerprint density at radius 3 is 1.73 bits per heavy atom. The summed E-state index contributed by atoms with van der Waals surface area (Å²) in [5.74, 6) is -2.48. The molecule has 0 aliphatic heterocycles. The van der Waals surface area contributed by atoms with Gasteiger partial charge in [0.15, 0.2) is 0 Å². The lowest BCUT2D eigenvalue weighted by molar-refractivity contribution is -0.138.